The summed E-state index contributed by atoms with van der Waals surface area (Å²) in [6, 6.07) is 8.15. The minimum atomic E-state index is -2.95. The lowest BCUT2D eigenvalue weighted by atomic mass is 10.1. The highest BCUT2D eigenvalue weighted by Crippen LogP contribution is 2.32. The third kappa shape index (κ3) is 4.20. The van der Waals surface area contributed by atoms with E-state index < -0.39 is 41.0 Å². The van der Waals surface area contributed by atoms with E-state index in [9.17, 15) is 33.3 Å². The zero-order valence-electron chi connectivity index (χ0n) is 16.5. The Morgan fingerprint density at radius 3 is 2.39 bits per heavy atom. The van der Waals surface area contributed by atoms with E-state index in [4.69, 9.17) is 0 Å². The van der Waals surface area contributed by atoms with E-state index in [0.29, 0.717) is 10.5 Å². The van der Waals surface area contributed by atoms with Crippen molar-refractivity contribution in [1.82, 2.24) is 9.80 Å². The topological polar surface area (TPSA) is 110 Å². The molecule has 31 heavy (non-hydrogen) atoms. The van der Waals surface area contributed by atoms with E-state index in [0.717, 1.165) is 6.07 Å². The first-order valence-electron chi connectivity index (χ1n) is 9.05. The Morgan fingerprint density at radius 1 is 1.16 bits per heavy atom. The lowest BCUT2D eigenvalue weighted by molar-refractivity contribution is -0.385. The first-order chi connectivity index (χ1) is 14.6. The normalized spacial score (nSPS) is 13.9. The van der Waals surface area contributed by atoms with E-state index in [2.05, 4.69) is 4.74 Å². The molecule has 2 aromatic carbocycles. The van der Waals surface area contributed by atoms with Crippen molar-refractivity contribution in [3.05, 3.63) is 69.3 Å². The van der Waals surface area contributed by atoms with Crippen LogP contribution in [-0.4, -0.2) is 52.1 Å². The lowest BCUT2D eigenvalue weighted by Gasteiger charge is -2.26. The van der Waals surface area contributed by atoms with Gasteiger partial charge in [0.05, 0.1) is 10.5 Å². The minimum Gasteiger partial charge on any atom is -0.435 e. The van der Waals surface area contributed by atoms with Crippen molar-refractivity contribution >= 4 is 23.4 Å². The molecule has 1 atom stereocenters. The Labute approximate surface area is 175 Å². The molecule has 0 saturated carbocycles. The minimum absolute atomic E-state index is 0.0336. The molecule has 11 heteroatoms. The molecule has 0 aromatic heterocycles. The van der Waals surface area contributed by atoms with Gasteiger partial charge in [0, 0.05) is 19.7 Å². The molecule has 0 unspecified atom stereocenters. The second-order valence-electron chi connectivity index (χ2n) is 6.83. The van der Waals surface area contributed by atoms with Gasteiger partial charge < -0.3 is 9.64 Å². The lowest BCUT2D eigenvalue weighted by Crippen LogP contribution is -2.48. The maximum atomic E-state index is 12.8. The van der Waals surface area contributed by atoms with Crippen molar-refractivity contribution in [1.29, 1.82) is 0 Å². The second kappa shape index (κ2) is 8.46. The van der Waals surface area contributed by atoms with E-state index in [1.165, 1.54) is 55.3 Å². The molecule has 0 N–H and O–H groups in total. The van der Waals surface area contributed by atoms with Crippen LogP contribution in [0.25, 0.3) is 0 Å². The van der Waals surface area contributed by atoms with Crippen LogP contribution in [-0.2, 0) is 11.3 Å². The van der Waals surface area contributed by atoms with Crippen molar-refractivity contribution in [3.8, 4) is 5.75 Å². The van der Waals surface area contributed by atoms with Crippen molar-refractivity contribution < 1.29 is 32.8 Å². The van der Waals surface area contributed by atoms with Crippen LogP contribution in [0.5, 0.6) is 5.75 Å². The summed E-state index contributed by atoms with van der Waals surface area (Å²) in [4.78, 5) is 50.7. The summed E-state index contributed by atoms with van der Waals surface area (Å²) in [6.07, 6.45) is 0. The summed E-state index contributed by atoms with van der Waals surface area (Å²) >= 11 is 0. The number of nitro groups is 1. The molecule has 0 fully saturated rings. The Kier molecular flexibility index (Phi) is 5.95. The fraction of sp³-hybridized carbons (Fsp3) is 0.250. The van der Waals surface area contributed by atoms with Gasteiger partial charge in [-0.05, 0) is 30.7 Å². The van der Waals surface area contributed by atoms with Crippen LogP contribution in [0.3, 0.4) is 0 Å². The predicted molar refractivity (Wildman–Crippen MR) is 103 cm³/mol. The van der Waals surface area contributed by atoms with Gasteiger partial charge in [-0.2, -0.15) is 8.78 Å². The molecule has 3 rings (SSSR count). The van der Waals surface area contributed by atoms with Gasteiger partial charge in [-0.1, -0.05) is 18.2 Å². The number of rotatable bonds is 7. The first-order valence-corrected chi connectivity index (χ1v) is 9.05. The number of benzene rings is 2. The van der Waals surface area contributed by atoms with Crippen LogP contribution in [0, 0.1) is 10.1 Å². The number of hydrogen-bond donors (Lipinski definition) is 0. The summed E-state index contributed by atoms with van der Waals surface area (Å²) < 4.78 is 28.7. The van der Waals surface area contributed by atoms with Crippen LogP contribution in [0.2, 0.25) is 0 Å². The fourth-order valence-corrected chi connectivity index (χ4v) is 3.35. The monoisotopic (exact) mass is 433 g/mol. The number of nitrogens with zero attached hydrogens (tertiary/aromatic N) is 3. The highest BCUT2D eigenvalue weighted by atomic mass is 19.3. The molecule has 0 saturated heterocycles. The highest BCUT2D eigenvalue weighted by molar-refractivity contribution is 6.24. The van der Waals surface area contributed by atoms with Gasteiger partial charge in [0.15, 0.2) is 0 Å². The van der Waals surface area contributed by atoms with E-state index in [1.54, 1.807) is 0 Å². The molecule has 1 aliphatic heterocycles. The molecule has 9 nitrogen and oxygen atoms in total. The van der Waals surface area contributed by atoms with Gasteiger partial charge in [0.1, 0.15) is 17.4 Å². The van der Waals surface area contributed by atoms with Gasteiger partial charge in [0.25, 0.3) is 17.5 Å². The van der Waals surface area contributed by atoms with E-state index in [-0.39, 0.29) is 23.4 Å². The standard InChI is InChI=1S/C20H17F2N3O6/c1-11(17(26)23(2)10-12-6-8-13(9-7-12)31-20(21)22)24-18(27)14-4-3-5-15(25(29)30)16(14)19(24)28/h3-9,11,20H,10H2,1-2H3/t11-/m0/s1. The van der Waals surface area contributed by atoms with Gasteiger partial charge in [-0.3, -0.25) is 29.4 Å². The van der Waals surface area contributed by atoms with Crippen molar-refractivity contribution in [2.24, 2.45) is 0 Å². The van der Waals surface area contributed by atoms with Crippen LogP contribution in [0.15, 0.2) is 42.5 Å². The highest BCUT2D eigenvalue weighted by Gasteiger charge is 2.45. The van der Waals surface area contributed by atoms with Crippen LogP contribution in [0.1, 0.15) is 33.2 Å². The zero-order chi connectivity index (χ0) is 22.9. The number of likely N-dealkylation sites (N-methyl/N-ethyl adjacent to an activating group) is 1. The molecule has 162 valence electrons. The number of hydrogen-bond acceptors (Lipinski definition) is 6. The predicted octanol–water partition coefficient (Wildman–Crippen LogP) is 2.84. The summed E-state index contributed by atoms with van der Waals surface area (Å²) in [7, 11) is 1.45. The molecule has 1 aliphatic rings. The molecular weight excluding hydrogens is 416 g/mol. The maximum absolute atomic E-state index is 12.8. The smallest absolute Gasteiger partial charge is 0.387 e. The largest absolute Gasteiger partial charge is 0.435 e. The molecule has 2 aromatic rings. The van der Waals surface area contributed by atoms with E-state index in [1.807, 2.05) is 0 Å². The van der Waals surface area contributed by atoms with Gasteiger partial charge in [-0.25, -0.2) is 0 Å². The zero-order valence-corrected chi connectivity index (χ0v) is 16.5. The summed E-state index contributed by atoms with van der Waals surface area (Å²) in [6.45, 7) is -1.53. The number of fused-ring (bicyclic) bond motifs is 1. The van der Waals surface area contributed by atoms with Gasteiger partial charge in [0.2, 0.25) is 5.91 Å². The average molecular weight is 433 g/mol. The first kappa shape index (κ1) is 21.8. The molecule has 3 amide bonds. The number of amides is 3. The number of nitro benzene ring substituents is 1. The summed E-state index contributed by atoms with van der Waals surface area (Å²) in [5.41, 5.74) is -0.370. The molecular formula is C20H17F2N3O6. The Hall–Kier alpha value is -3.89. The third-order valence-electron chi connectivity index (χ3n) is 4.81. The Balaban J connectivity index is 1.75. The quantitative estimate of drug-likeness (QED) is 0.377. The van der Waals surface area contributed by atoms with Crippen LogP contribution < -0.4 is 4.74 Å². The van der Waals surface area contributed by atoms with E-state index >= 15 is 0 Å². The van der Waals surface area contributed by atoms with Crippen molar-refractivity contribution in [3.63, 3.8) is 0 Å². The summed E-state index contributed by atoms with van der Waals surface area (Å²) in [5.74, 6) is -2.31. The number of alkyl halides is 2. The van der Waals surface area contributed by atoms with Crippen LogP contribution >= 0.6 is 0 Å². The van der Waals surface area contributed by atoms with Gasteiger partial charge in [-0.15, -0.1) is 0 Å². The fourth-order valence-electron chi connectivity index (χ4n) is 3.35. The molecule has 0 radical (unpaired) electrons. The number of ether oxygens (including phenoxy) is 1. The molecule has 0 spiro atoms. The van der Waals surface area contributed by atoms with Gasteiger partial charge >= 0.3 is 6.61 Å². The average Bonchev–Trinajstić information content (AvgIpc) is 2.98. The molecule has 1 heterocycles. The number of imide groups is 1. The number of carbonyl (C=O) groups is 3. The summed E-state index contributed by atoms with van der Waals surface area (Å²) in [5, 5.41) is 11.2. The second-order valence-corrected chi connectivity index (χ2v) is 6.83. The van der Waals surface area contributed by atoms with Crippen LogP contribution in [0.4, 0.5) is 14.5 Å². The Morgan fingerprint density at radius 2 is 1.81 bits per heavy atom. The SMILES string of the molecule is C[C@@H](C(=O)N(C)Cc1ccc(OC(F)F)cc1)N1C(=O)c2cccc([N+](=O)[O-])c2C1=O. The van der Waals surface area contributed by atoms with Crippen molar-refractivity contribution in [2.45, 2.75) is 26.1 Å². The van der Waals surface area contributed by atoms with Crippen molar-refractivity contribution in [2.75, 3.05) is 7.05 Å². The maximum Gasteiger partial charge on any atom is 0.387 e. The number of carbonyl (C=O) groups excluding carboxylic acids is 3. The number of halogens is 2. The third-order valence-corrected chi connectivity index (χ3v) is 4.81. The molecule has 0 bridgehead atoms. The molecule has 0 aliphatic carbocycles. The Bertz CT molecular complexity index is 1060.